The Bertz CT molecular complexity index is 536. The van der Waals surface area contributed by atoms with Crippen molar-refractivity contribution in [1.82, 2.24) is 5.48 Å². The molecule has 0 fully saturated rings. The number of nitrogens with one attached hydrogen (secondary N) is 1. The van der Waals surface area contributed by atoms with Crippen LogP contribution in [0.5, 0.6) is 0 Å². The highest BCUT2D eigenvalue weighted by atomic mass is 32.2. The summed E-state index contributed by atoms with van der Waals surface area (Å²) in [5.74, 6) is 0. The number of amides is 1. The molecule has 98 valence electrons. The van der Waals surface area contributed by atoms with E-state index in [2.05, 4.69) is 4.84 Å². The van der Waals surface area contributed by atoms with Gasteiger partial charge in [-0.2, -0.15) is 5.48 Å². The summed E-state index contributed by atoms with van der Waals surface area (Å²) < 4.78 is 23.0. The Hall–Kier alpha value is -1.86. The molecule has 0 spiro atoms. The first-order valence-electron chi connectivity index (χ1n) is 4.96. The molecule has 0 saturated heterocycles. The van der Waals surface area contributed by atoms with Crippen molar-refractivity contribution in [2.45, 2.75) is 0 Å². The van der Waals surface area contributed by atoms with Gasteiger partial charge in [-0.3, -0.25) is 4.84 Å². The average Bonchev–Trinajstić information content (AvgIpc) is 2.27. The fraction of sp³-hybridized carbons (Fsp3) is 0.182. The molecule has 18 heavy (non-hydrogen) atoms. The van der Waals surface area contributed by atoms with E-state index in [9.17, 15) is 13.2 Å². The van der Waals surface area contributed by atoms with Gasteiger partial charge in [-0.1, -0.05) is 30.3 Å². The van der Waals surface area contributed by atoms with Crippen molar-refractivity contribution in [2.75, 3.05) is 12.9 Å². The van der Waals surface area contributed by atoms with Gasteiger partial charge in [0.2, 0.25) is 0 Å². The van der Waals surface area contributed by atoms with Gasteiger partial charge in [0.25, 0.3) is 0 Å². The maximum atomic E-state index is 11.5. The van der Waals surface area contributed by atoms with Gasteiger partial charge in [-0.15, -0.1) is 0 Å². The van der Waals surface area contributed by atoms with E-state index in [1.807, 2.05) is 0 Å². The molecular weight excluding hydrogens is 258 g/mol. The molecule has 1 aromatic rings. The predicted octanol–water partition coefficient (Wildman–Crippen LogP) is 1.27. The molecule has 1 rings (SSSR count). The lowest BCUT2D eigenvalue weighted by atomic mass is 10.2. The van der Waals surface area contributed by atoms with Crippen LogP contribution in [0.3, 0.4) is 0 Å². The number of benzene rings is 1. The number of carbonyl (C=O) groups is 1. The zero-order valence-electron chi connectivity index (χ0n) is 9.66. The van der Waals surface area contributed by atoms with Gasteiger partial charge in [-0.25, -0.2) is 13.2 Å². The minimum atomic E-state index is -3.46. The Balaban J connectivity index is 2.86. The first kappa shape index (κ1) is 14.2. The molecule has 6 nitrogen and oxygen atoms in total. The SMILES string of the molecule is CS(=O)(=O)/C(=C\c1ccccc1)CONC(=O)O. The number of sulfone groups is 1. The van der Waals surface area contributed by atoms with Crippen molar-refractivity contribution < 1.29 is 23.2 Å². The molecule has 0 unspecified atom stereocenters. The third-order valence-electron chi connectivity index (χ3n) is 1.98. The monoisotopic (exact) mass is 271 g/mol. The molecule has 0 bridgehead atoms. The van der Waals surface area contributed by atoms with Gasteiger partial charge in [0.1, 0.15) is 6.61 Å². The maximum absolute atomic E-state index is 11.5. The van der Waals surface area contributed by atoms with Gasteiger partial charge >= 0.3 is 6.09 Å². The lowest BCUT2D eigenvalue weighted by molar-refractivity contribution is 0.0580. The second-order valence-corrected chi connectivity index (χ2v) is 5.56. The standard InChI is InChI=1S/C11H13NO5S/c1-18(15,16)10(8-17-12-11(13)14)7-9-5-3-2-4-6-9/h2-7,12H,8H2,1H3,(H,13,14)/b10-7-. The third kappa shape index (κ3) is 4.98. The second-order valence-electron chi connectivity index (χ2n) is 3.49. The smallest absolute Gasteiger partial charge is 0.428 e. The predicted molar refractivity (Wildman–Crippen MR) is 66.4 cm³/mol. The third-order valence-corrected chi connectivity index (χ3v) is 3.17. The molecule has 2 N–H and O–H groups in total. The first-order chi connectivity index (χ1) is 8.39. The summed E-state index contributed by atoms with van der Waals surface area (Å²) in [5.41, 5.74) is 2.34. The van der Waals surface area contributed by atoms with Crippen LogP contribution in [0.15, 0.2) is 35.2 Å². The summed E-state index contributed by atoms with van der Waals surface area (Å²) >= 11 is 0. The summed E-state index contributed by atoms with van der Waals surface area (Å²) in [6.45, 7) is -0.361. The van der Waals surface area contributed by atoms with E-state index < -0.39 is 15.9 Å². The average molecular weight is 271 g/mol. The number of carboxylic acid groups (broad SMARTS) is 1. The second kappa shape index (κ2) is 6.18. The molecule has 0 heterocycles. The van der Waals surface area contributed by atoms with Crippen molar-refractivity contribution in [3.8, 4) is 0 Å². The summed E-state index contributed by atoms with van der Waals surface area (Å²) in [7, 11) is -3.46. The van der Waals surface area contributed by atoms with Gasteiger partial charge in [0.05, 0.1) is 4.91 Å². The van der Waals surface area contributed by atoms with E-state index in [1.54, 1.807) is 35.8 Å². The molecule has 1 aromatic carbocycles. The fourth-order valence-corrected chi connectivity index (χ4v) is 1.78. The van der Waals surface area contributed by atoms with E-state index >= 15 is 0 Å². The van der Waals surface area contributed by atoms with Gasteiger partial charge < -0.3 is 5.11 Å². The molecule has 0 saturated carbocycles. The zero-order valence-corrected chi connectivity index (χ0v) is 10.5. The Labute approximate surface area is 105 Å². The molecule has 0 atom stereocenters. The van der Waals surface area contributed by atoms with Crippen LogP contribution in [0.1, 0.15) is 5.56 Å². The van der Waals surface area contributed by atoms with E-state index in [-0.39, 0.29) is 11.5 Å². The van der Waals surface area contributed by atoms with Crippen LogP contribution in [-0.4, -0.2) is 32.5 Å². The van der Waals surface area contributed by atoms with Crippen LogP contribution >= 0.6 is 0 Å². The summed E-state index contributed by atoms with van der Waals surface area (Å²) in [6, 6.07) is 8.80. The van der Waals surface area contributed by atoms with Crippen LogP contribution in [-0.2, 0) is 14.7 Å². The van der Waals surface area contributed by atoms with Crippen LogP contribution in [0.25, 0.3) is 6.08 Å². The lowest BCUT2D eigenvalue weighted by Crippen LogP contribution is -2.23. The Morgan fingerprint density at radius 2 is 2.00 bits per heavy atom. The quantitative estimate of drug-likeness (QED) is 0.787. The molecule has 0 aromatic heterocycles. The van der Waals surface area contributed by atoms with Crippen molar-refractivity contribution in [2.24, 2.45) is 0 Å². The van der Waals surface area contributed by atoms with Gasteiger partial charge in [-0.05, 0) is 11.6 Å². The van der Waals surface area contributed by atoms with Crippen LogP contribution < -0.4 is 5.48 Å². The molecule has 7 heteroatoms. The molecule has 0 aliphatic heterocycles. The largest absolute Gasteiger partial charge is 0.464 e. The lowest BCUT2D eigenvalue weighted by Gasteiger charge is -2.06. The minimum absolute atomic E-state index is 0.0116. The van der Waals surface area contributed by atoms with Crippen LogP contribution in [0, 0.1) is 0 Å². The maximum Gasteiger partial charge on any atom is 0.428 e. The highest BCUT2D eigenvalue weighted by Crippen LogP contribution is 2.11. The van der Waals surface area contributed by atoms with Gasteiger partial charge in [0.15, 0.2) is 9.84 Å². The Morgan fingerprint density at radius 1 is 1.39 bits per heavy atom. The minimum Gasteiger partial charge on any atom is -0.464 e. The fourth-order valence-electron chi connectivity index (χ4n) is 1.16. The van der Waals surface area contributed by atoms with Crippen LogP contribution in [0.4, 0.5) is 4.79 Å². The molecule has 1 amide bonds. The van der Waals surface area contributed by atoms with E-state index in [0.29, 0.717) is 5.56 Å². The van der Waals surface area contributed by atoms with Crippen molar-refractivity contribution in [3.05, 3.63) is 40.8 Å². The summed E-state index contributed by atoms with van der Waals surface area (Å²) in [4.78, 5) is 14.7. The highest BCUT2D eigenvalue weighted by molar-refractivity contribution is 7.94. The number of hydrogen-bond donors (Lipinski definition) is 2. The molecular formula is C11H13NO5S. The summed E-state index contributed by atoms with van der Waals surface area (Å²) in [6.07, 6.45) is 1.08. The molecule has 0 aliphatic carbocycles. The Kier molecular flexibility index (Phi) is 4.87. The van der Waals surface area contributed by atoms with Crippen LogP contribution in [0.2, 0.25) is 0 Å². The van der Waals surface area contributed by atoms with E-state index in [1.165, 1.54) is 6.08 Å². The van der Waals surface area contributed by atoms with Crippen molar-refractivity contribution in [3.63, 3.8) is 0 Å². The van der Waals surface area contributed by atoms with Gasteiger partial charge in [0, 0.05) is 6.26 Å². The Morgan fingerprint density at radius 3 is 2.50 bits per heavy atom. The zero-order chi connectivity index (χ0) is 13.6. The number of hydrogen-bond acceptors (Lipinski definition) is 4. The number of rotatable bonds is 5. The van der Waals surface area contributed by atoms with Crippen molar-refractivity contribution in [1.29, 1.82) is 0 Å². The van der Waals surface area contributed by atoms with E-state index in [4.69, 9.17) is 5.11 Å². The highest BCUT2D eigenvalue weighted by Gasteiger charge is 2.12. The summed E-state index contributed by atoms with van der Waals surface area (Å²) in [5, 5.41) is 8.31. The first-order valence-corrected chi connectivity index (χ1v) is 6.85. The van der Waals surface area contributed by atoms with Crippen molar-refractivity contribution >= 4 is 22.0 Å². The molecule has 0 aliphatic rings. The number of hydroxylamine groups is 1. The normalized spacial score (nSPS) is 12.2. The van der Waals surface area contributed by atoms with E-state index in [0.717, 1.165) is 6.26 Å². The molecule has 0 radical (unpaired) electrons. The topological polar surface area (TPSA) is 92.7 Å².